The number of rotatable bonds is 7. The highest BCUT2D eigenvalue weighted by molar-refractivity contribution is 6.31. The lowest BCUT2D eigenvalue weighted by molar-refractivity contribution is -0.130. The minimum Gasteiger partial charge on any atom is -0.357 e. The fourth-order valence-electron chi connectivity index (χ4n) is 3.36. The summed E-state index contributed by atoms with van der Waals surface area (Å²) in [5.74, 6) is 0.562. The minimum atomic E-state index is -0.336. The van der Waals surface area contributed by atoms with Crippen LogP contribution in [-0.4, -0.2) is 74.0 Å². The van der Waals surface area contributed by atoms with Gasteiger partial charge in [-0.05, 0) is 24.6 Å². The summed E-state index contributed by atoms with van der Waals surface area (Å²) < 4.78 is 13.3. The Labute approximate surface area is 178 Å². The molecular formula is C21H33ClFN5O. The fourth-order valence-corrected chi connectivity index (χ4v) is 3.78. The van der Waals surface area contributed by atoms with Gasteiger partial charge in [-0.15, -0.1) is 0 Å². The Hall–Kier alpha value is -1.86. The quantitative estimate of drug-likeness (QED) is 0.520. The average Bonchev–Trinajstić information content (AvgIpc) is 2.66. The van der Waals surface area contributed by atoms with E-state index < -0.39 is 0 Å². The Morgan fingerprint density at radius 1 is 1.24 bits per heavy atom. The van der Waals surface area contributed by atoms with Crippen molar-refractivity contribution < 1.29 is 9.18 Å². The second-order valence-electron chi connectivity index (χ2n) is 7.98. The van der Waals surface area contributed by atoms with Crippen LogP contribution in [0.15, 0.2) is 23.2 Å². The number of hydrogen-bond acceptors (Lipinski definition) is 3. The second kappa shape index (κ2) is 10.8. The third-order valence-corrected chi connectivity index (χ3v) is 5.49. The number of benzene rings is 1. The molecule has 1 aliphatic rings. The van der Waals surface area contributed by atoms with Crippen molar-refractivity contribution in [1.29, 1.82) is 0 Å². The number of piperazine rings is 1. The Bertz CT molecular complexity index is 717. The molecule has 0 atom stereocenters. The second-order valence-corrected chi connectivity index (χ2v) is 8.38. The van der Waals surface area contributed by atoms with Gasteiger partial charge in [0.05, 0.1) is 6.54 Å². The summed E-state index contributed by atoms with van der Waals surface area (Å²) in [5, 5.41) is 7.06. The molecule has 2 rings (SSSR count). The van der Waals surface area contributed by atoms with E-state index in [0.717, 1.165) is 57.3 Å². The topological polar surface area (TPSA) is 60.0 Å². The van der Waals surface area contributed by atoms with Crippen LogP contribution in [0, 0.1) is 5.82 Å². The zero-order valence-electron chi connectivity index (χ0n) is 17.9. The van der Waals surface area contributed by atoms with E-state index in [4.69, 9.17) is 16.6 Å². The molecule has 0 radical (unpaired) electrons. The molecule has 0 aromatic heterocycles. The molecule has 2 N–H and O–H groups in total. The molecule has 6 nitrogen and oxygen atoms in total. The van der Waals surface area contributed by atoms with E-state index in [1.165, 1.54) is 12.1 Å². The number of carbonyl (C=O) groups excluding carboxylic acids is 1. The van der Waals surface area contributed by atoms with Crippen molar-refractivity contribution in [2.75, 3.05) is 52.4 Å². The lowest BCUT2D eigenvalue weighted by atomic mass is 9.84. The summed E-state index contributed by atoms with van der Waals surface area (Å²) in [5.41, 5.74) is 0.555. The Morgan fingerprint density at radius 2 is 1.93 bits per heavy atom. The van der Waals surface area contributed by atoms with Crippen LogP contribution in [0.4, 0.5) is 4.39 Å². The van der Waals surface area contributed by atoms with Crippen LogP contribution < -0.4 is 10.6 Å². The molecule has 1 heterocycles. The van der Waals surface area contributed by atoms with E-state index in [1.807, 2.05) is 25.7 Å². The van der Waals surface area contributed by atoms with Crippen LogP contribution in [0.25, 0.3) is 0 Å². The number of carbonyl (C=O) groups is 1. The van der Waals surface area contributed by atoms with E-state index in [-0.39, 0.29) is 17.1 Å². The van der Waals surface area contributed by atoms with E-state index in [2.05, 4.69) is 15.5 Å². The summed E-state index contributed by atoms with van der Waals surface area (Å²) in [6.45, 7) is 14.1. The molecule has 1 fully saturated rings. The van der Waals surface area contributed by atoms with Gasteiger partial charge < -0.3 is 15.5 Å². The van der Waals surface area contributed by atoms with Crippen molar-refractivity contribution >= 4 is 23.5 Å². The van der Waals surface area contributed by atoms with Crippen LogP contribution in [0.2, 0.25) is 5.02 Å². The van der Waals surface area contributed by atoms with Gasteiger partial charge in [0.1, 0.15) is 5.82 Å². The number of nitrogens with zero attached hydrogens (tertiary/aromatic N) is 3. The van der Waals surface area contributed by atoms with Crippen LogP contribution in [0.5, 0.6) is 0 Å². The first kappa shape index (κ1) is 23.4. The van der Waals surface area contributed by atoms with Gasteiger partial charge in [-0.25, -0.2) is 4.39 Å². The Balaban J connectivity index is 1.88. The highest BCUT2D eigenvalue weighted by Crippen LogP contribution is 2.30. The molecule has 0 saturated carbocycles. The van der Waals surface area contributed by atoms with Gasteiger partial charge in [-0.3, -0.25) is 14.7 Å². The predicted octanol–water partition coefficient (Wildman–Crippen LogP) is 2.48. The maximum atomic E-state index is 13.3. The lowest BCUT2D eigenvalue weighted by Crippen LogP contribution is -2.50. The molecule has 0 aliphatic carbocycles. The van der Waals surface area contributed by atoms with Gasteiger partial charge >= 0.3 is 0 Å². The summed E-state index contributed by atoms with van der Waals surface area (Å²) >= 11 is 6.24. The highest BCUT2D eigenvalue weighted by Gasteiger charge is 2.24. The third kappa shape index (κ3) is 7.16. The molecule has 29 heavy (non-hydrogen) atoms. The van der Waals surface area contributed by atoms with Gasteiger partial charge in [0.2, 0.25) is 5.91 Å². The molecule has 0 bridgehead atoms. The van der Waals surface area contributed by atoms with Crippen LogP contribution in [-0.2, 0) is 10.2 Å². The first-order chi connectivity index (χ1) is 13.7. The Kier molecular flexibility index (Phi) is 8.71. The van der Waals surface area contributed by atoms with E-state index in [0.29, 0.717) is 11.6 Å². The molecule has 0 unspecified atom stereocenters. The summed E-state index contributed by atoms with van der Waals surface area (Å²) in [7, 11) is 0. The molecule has 1 aromatic carbocycles. The number of nitrogens with one attached hydrogen (secondary N) is 2. The third-order valence-electron chi connectivity index (χ3n) is 5.18. The summed E-state index contributed by atoms with van der Waals surface area (Å²) in [4.78, 5) is 20.4. The van der Waals surface area contributed by atoms with Gasteiger partial charge in [-0.2, -0.15) is 0 Å². The molecule has 1 saturated heterocycles. The van der Waals surface area contributed by atoms with Gasteiger partial charge in [0.25, 0.3) is 0 Å². The monoisotopic (exact) mass is 425 g/mol. The zero-order chi connectivity index (χ0) is 21.4. The standard InChI is InChI=1S/C21H33ClFN5O/c1-5-24-20(25-8-9-27-10-12-28(13-11-27)16(2)29)26-15-21(3,4)18-7-6-17(23)14-19(18)22/h6-7,14H,5,8-13,15H2,1-4H3,(H2,24,25,26). The van der Waals surface area contributed by atoms with Crippen LogP contribution >= 0.6 is 11.6 Å². The summed E-state index contributed by atoms with van der Waals surface area (Å²) in [6, 6.07) is 4.51. The number of hydrogen-bond donors (Lipinski definition) is 2. The predicted molar refractivity (Wildman–Crippen MR) is 117 cm³/mol. The smallest absolute Gasteiger partial charge is 0.219 e. The first-order valence-corrected chi connectivity index (χ1v) is 10.6. The van der Waals surface area contributed by atoms with Crippen molar-refractivity contribution in [3.63, 3.8) is 0 Å². The largest absolute Gasteiger partial charge is 0.357 e. The van der Waals surface area contributed by atoms with Crippen molar-refractivity contribution in [2.45, 2.75) is 33.1 Å². The maximum Gasteiger partial charge on any atom is 0.219 e. The number of amides is 1. The molecule has 0 spiro atoms. The van der Waals surface area contributed by atoms with Crippen molar-refractivity contribution in [2.24, 2.45) is 4.99 Å². The summed E-state index contributed by atoms with van der Waals surface area (Å²) in [6.07, 6.45) is 0. The van der Waals surface area contributed by atoms with E-state index >= 15 is 0 Å². The SMILES string of the molecule is CCNC(=NCC(C)(C)c1ccc(F)cc1Cl)NCCN1CCN(C(C)=O)CC1. The highest BCUT2D eigenvalue weighted by atomic mass is 35.5. The maximum absolute atomic E-state index is 13.3. The molecule has 162 valence electrons. The van der Waals surface area contributed by atoms with Crippen LogP contribution in [0.3, 0.4) is 0 Å². The van der Waals surface area contributed by atoms with Crippen molar-refractivity contribution in [1.82, 2.24) is 20.4 Å². The number of aliphatic imine (C=N–C) groups is 1. The molecule has 1 aliphatic heterocycles. The minimum absolute atomic E-state index is 0.146. The average molecular weight is 426 g/mol. The molecule has 8 heteroatoms. The lowest BCUT2D eigenvalue weighted by Gasteiger charge is -2.34. The van der Waals surface area contributed by atoms with Gasteiger partial charge in [0.15, 0.2) is 5.96 Å². The number of halogens is 2. The fraction of sp³-hybridized carbons (Fsp3) is 0.619. The number of guanidine groups is 1. The van der Waals surface area contributed by atoms with Crippen molar-refractivity contribution in [3.05, 3.63) is 34.6 Å². The van der Waals surface area contributed by atoms with E-state index in [1.54, 1.807) is 13.0 Å². The van der Waals surface area contributed by atoms with Crippen molar-refractivity contribution in [3.8, 4) is 0 Å². The molecule has 1 amide bonds. The molecular weight excluding hydrogens is 393 g/mol. The van der Waals surface area contributed by atoms with Crippen LogP contribution in [0.1, 0.15) is 33.3 Å². The van der Waals surface area contributed by atoms with Gasteiger partial charge in [0, 0.05) is 63.2 Å². The Morgan fingerprint density at radius 3 is 2.52 bits per heavy atom. The van der Waals surface area contributed by atoms with E-state index in [9.17, 15) is 9.18 Å². The first-order valence-electron chi connectivity index (χ1n) is 10.2. The zero-order valence-corrected chi connectivity index (χ0v) is 18.7. The van der Waals surface area contributed by atoms with Gasteiger partial charge in [-0.1, -0.05) is 31.5 Å². The normalized spacial score (nSPS) is 16.1. The molecule has 1 aromatic rings.